The van der Waals surface area contributed by atoms with Crippen LogP contribution in [-0.2, 0) is 6.42 Å². The van der Waals surface area contributed by atoms with Gasteiger partial charge in [0, 0.05) is 10.7 Å². The van der Waals surface area contributed by atoms with Crippen LogP contribution in [0.2, 0.25) is 0 Å². The fourth-order valence-electron chi connectivity index (χ4n) is 1.44. The number of hydrogen-bond acceptors (Lipinski definition) is 1. The van der Waals surface area contributed by atoms with E-state index >= 15 is 0 Å². The van der Waals surface area contributed by atoms with E-state index in [4.69, 9.17) is 4.74 Å². The number of benzene rings is 1. The molecule has 4 heteroatoms. The first-order chi connectivity index (χ1) is 7.54. The number of methoxy groups -OCH3 is 1. The predicted octanol–water partition coefficient (Wildman–Crippen LogP) is 4.80. The zero-order valence-corrected chi connectivity index (χ0v) is 14.2. The summed E-state index contributed by atoms with van der Waals surface area (Å²) in [5.41, 5.74) is 1.56. The molecule has 16 heavy (non-hydrogen) atoms. The lowest BCUT2D eigenvalue weighted by Crippen LogP contribution is -2.23. The SMILES string of the molecule is COc1ccc(CC(C)(CBr)CBr)cc1Br. The molecule has 1 rings (SSSR count). The number of rotatable bonds is 5. The van der Waals surface area contributed by atoms with Gasteiger partial charge in [0.25, 0.3) is 0 Å². The minimum atomic E-state index is 0.244. The molecule has 1 nitrogen and oxygen atoms in total. The zero-order chi connectivity index (χ0) is 12.2. The lowest BCUT2D eigenvalue weighted by atomic mass is 9.88. The first kappa shape index (κ1) is 14.5. The van der Waals surface area contributed by atoms with E-state index in [-0.39, 0.29) is 5.41 Å². The van der Waals surface area contributed by atoms with Gasteiger partial charge in [0.05, 0.1) is 11.6 Å². The lowest BCUT2D eigenvalue weighted by molar-refractivity contribution is 0.410. The van der Waals surface area contributed by atoms with Gasteiger partial charge in [-0.15, -0.1) is 0 Å². The summed E-state index contributed by atoms with van der Waals surface area (Å²) in [5, 5.41) is 1.96. The summed E-state index contributed by atoms with van der Waals surface area (Å²) in [6.07, 6.45) is 1.03. The fraction of sp³-hybridized carbons (Fsp3) is 0.500. The molecule has 0 aliphatic heterocycles. The molecule has 1 aromatic rings. The Morgan fingerprint density at radius 2 is 1.88 bits per heavy atom. The van der Waals surface area contributed by atoms with Gasteiger partial charge in [0.1, 0.15) is 5.75 Å². The van der Waals surface area contributed by atoms with Crippen LogP contribution in [0.4, 0.5) is 0 Å². The third-order valence-corrected chi connectivity index (χ3v) is 5.82. The monoisotopic (exact) mass is 412 g/mol. The molecule has 0 N–H and O–H groups in total. The zero-order valence-electron chi connectivity index (χ0n) is 9.40. The van der Waals surface area contributed by atoms with Gasteiger partial charge in [-0.05, 0) is 45.5 Å². The first-order valence-electron chi connectivity index (χ1n) is 4.99. The van der Waals surface area contributed by atoms with E-state index in [0.29, 0.717) is 0 Å². The fourth-order valence-corrected chi connectivity index (χ4v) is 3.36. The third-order valence-electron chi connectivity index (χ3n) is 2.49. The standard InChI is InChI=1S/C12H15Br3O/c1-12(7-13,8-14)6-9-3-4-11(16-2)10(15)5-9/h3-5H,6-8H2,1-2H3. The molecule has 0 atom stereocenters. The highest BCUT2D eigenvalue weighted by molar-refractivity contribution is 9.10. The maximum Gasteiger partial charge on any atom is 0.133 e. The normalized spacial score (nSPS) is 11.6. The second-order valence-corrected chi connectivity index (χ2v) is 6.20. The quantitative estimate of drug-likeness (QED) is 0.629. The topological polar surface area (TPSA) is 9.23 Å². The van der Waals surface area contributed by atoms with E-state index in [0.717, 1.165) is 27.3 Å². The molecule has 0 heterocycles. The Morgan fingerprint density at radius 3 is 2.31 bits per heavy atom. The summed E-state index contributed by atoms with van der Waals surface area (Å²) in [6.45, 7) is 2.26. The second-order valence-electron chi connectivity index (χ2n) is 4.22. The summed E-state index contributed by atoms with van der Waals surface area (Å²) in [5.74, 6) is 0.878. The highest BCUT2D eigenvalue weighted by Crippen LogP contribution is 2.31. The highest BCUT2D eigenvalue weighted by Gasteiger charge is 2.22. The Balaban J connectivity index is 2.86. The van der Waals surface area contributed by atoms with Gasteiger partial charge in [0.2, 0.25) is 0 Å². The van der Waals surface area contributed by atoms with Crippen LogP contribution < -0.4 is 4.74 Å². The van der Waals surface area contributed by atoms with Crippen LogP contribution in [-0.4, -0.2) is 17.8 Å². The lowest BCUT2D eigenvalue weighted by Gasteiger charge is -2.25. The van der Waals surface area contributed by atoms with Gasteiger partial charge in [-0.2, -0.15) is 0 Å². The third kappa shape index (κ3) is 3.74. The van der Waals surface area contributed by atoms with E-state index in [9.17, 15) is 0 Å². The molecule has 90 valence electrons. The molecule has 0 radical (unpaired) electrons. The van der Waals surface area contributed by atoms with Crippen molar-refractivity contribution < 1.29 is 4.74 Å². The Morgan fingerprint density at radius 1 is 1.25 bits per heavy atom. The van der Waals surface area contributed by atoms with Gasteiger partial charge >= 0.3 is 0 Å². The molecule has 0 aliphatic rings. The van der Waals surface area contributed by atoms with Crippen LogP contribution in [0, 0.1) is 5.41 Å². The number of ether oxygens (including phenoxy) is 1. The van der Waals surface area contributed by atoms with Crippen molar-refractivity contribution in [1.29, 1.82) is 0 Å². The van der Waals surface area contributed by atoms with Crippen molar-refractivity contribution in [1.82, 2.24) is 0 Å². The van der Waals surface area contributed by atoms with Gasteiger partial charge in [0.15, 0.2) is 0 Å². The summed E-state index contributed by atoms with van der Waals surface area (Å²) in [7, 11) is 1.68. The van der Waals surface area contributed by atoms with Crippen molar-refractivity contribution in [3.05, 3.63) is 28.2 Å². The van der Waals surface area contributed by atoms with Crippen molar-refractivity contribution in [2.24, 2.45) is 5.41 Å². The minimum Gasteiger partial charge on any atom is -0.496 e. The van der Waals surface area contributed by atoms with Crippen molar-refractivity contribution in [2.45, 2.75) is 13.3 Å². The maximum absolute atomic E-state index is 5.22. The average Bonchev–Trinajstić information content (AvgIpc) is 2.29. The molecule has 0 saturated carbocycles. The summed E-state index contributed by atoms with van der Waals surface area (Å²) in [4.78, 5) is 0. The van der Waals surface area contributed by atoms with Crippen LogP contribution in [0.25, 0.3) is 0 Å². The highest BCUT2D eigenvalue weighted by atomic mass is 79.9. The van der Waals surface area contributed by atoms with Crippen molar-refractivity contribution in [3.63, 3.8) is 0 Å². The Bertz CT molecular complexity index is 348. The Labute approximate surface area is 122 Å². The van der Waals surface area contributed by atoms with Crippen LogP contribution in [0.3, 0.4) is 0 Å². The minimum absolute atomic E-state index is 0.244. The van der Waals surface area contributed by atoms with Gasteiger partial charge in [-0.3, -0.25) is 0 Å². The number of alkyl halides is 2. The molecule has 0 aromatic heterocycles. The Kier molecular flexibility index (Phi) is 5.82. The molecule has 1 aromatic carbocycles. The van der Waals surface area contributed by atoms with Crippen molar-refractivity contribution in [3.8, 4) is 5.75 Å². The smallest absolute Gasteiger partial charge is 0.133 e. The molecule has 0 saturated heterocycles. The molecule has 0 bridgehead atoms. The second kappa shape index (κ2) is 6.41. The largest absolute Gasteiger partial charge is 0.496 e. The van der Waals surface area contributed by atoms with Crippen molar-refractivity contribution in [2.75, 3.05) is 17.8 Å². The van der Waals surface area contributed by atoms with Crippen LogP contribution in [0.5, 0.6) is 5.75 Å². The van der Waals surface area contributed by atoms with Gasteiger partial charge in [-0.1, -0.05) is 44.8 Å². The van der Waals surface area contributed by atoms with Crippen LogP contribution in [0.1, 0.15) is 12.5 Å². The van der Waals surface area contributed by atoms with E-state index in [1.165, 1.54) is 5.56 Å². The molecule has 0 fully saturated rings. The van der Waals surface area contributed by atoms with Gasteiger partial charge in [-0.25, -0.2) is 0 Å². The van der Waals surface area contributed by atoms with E-state index in [2.05, 4.69) is 66.8 Å². The molecule has 0 unspecified atom stereocenters. The summed E-state index contributed by atoms with van der Waals surface area (Å²) < 4.78 is 6.23. The predicted molar refractivity (Wildman–Crippen MR) is 80.1 cm³/mol. The van der Waals surface area contributed by atoms with Gasteiger partial charge < -0.3 is 4.74 Å². The number of hydrogen-bond donors (Lipinski definition) is 0. The van der Waals surface area contributed by atoms with E-state index < -0.39 is 0 Å². The Hall–Kier alpha value is 0.460. The molecular formula is C12H15Br3O. The maximum atomic E-state index is 5.22. The average molecular weight is 415 g/mol. The number of halogens is 3. The molecule has 0 amide bonds. The summed E-state index contributed by atoms with van der Waals surface area (Å²) >= 11 is 10.6. The van der Waals surface area contributed by atoms with E-state index in [1.807, 2.05) is 6.07 Å². The van der Waals surface area contributed by atoms with Crippen LogP contribution >= 0.6 is 47.8 Å². The van der Waals surface area contributed by atoms with E-state index in [1.54, 1.807) is 7.11 Å². The van der Waals surface area contributed by atoms with Crippen molar-refractivity contribution >= 4 is 47.8 Å². The first-order valence-corrected chi connectivity index (χ1v) is 8.02. The molecule has 0 aliphatic carbocycles. The molecular weight excluding hydrogens is 400 g/mol. The molecule has 0 spiro atoms. The summed E-state index contributed by atoms with van der Waals surface area (Å²) in [6, 6.07) is 6.25. The van der Waals surface area contributed by atoms with Crippen LogP contribution in [0.15, 0.2) is 22.7 Å².